The van der Waals surface area contributed by atoms with E-state index in [-0.39, 0.29) is 16.9 Å². The molecule has 90 valence electrons. The molecule has 1 amide bonds. The van der Waals surface area contributed by atoms with Crippen LogP contribution in [0.25, 0.3) is 0 Å². The maximum atomic E-state index is 11.8. The Labute approximate surface area is 96.9 Å². The zero-order valence-electron chi connectivity index (χ0n) is 10.7. The summed E-state index contributed by atoms with van der Waals surface area (Å²) in [7, 11) is 0. The van der Waals surface area contributed by atoms with E-state index in [9.17, 15) is 4.79 Å². The second-order valence-corrected chi connectivity index (χ2v) is 6.04. The van der Waals surface area contributed by atoms with Crippen molar-refractivity contribution < 1.29 is 4.79 Å². The van der Waals surface area contributed by atoms with Gasteiger partial charge in [0, 0.05) is 5.54 Å². The summed E-state index contributed by atoms with van der Waals surface area (Å²) in [5.41, 5.74) is 0.465. The van der Waals surface area contributed by atoms with Gasteiger partial charge in [0.1, 0.15) is 5.69 Å². The van der Waals surface area contributed by atoms with Crippen LogP contribution >= 0.6 is 0 Å². The number of H-pyrrole nitrogens is 1. The molecule has 1 aromatic heterocycles. The van der Waals surface area contributed by atoms with E-state index < -0.39 is 0 Å². The summed E-state index contributed by atoms with van der Waals surface area (Å²) < 4.78 is 0. The second-order valence-electron chi connectivity index (χ2n) is 6.04. The highest BCUT2D eigenvalue weighted by Crippen LogP contribution is 2.26. The number of nitrogens with one attached hydrogen (secondary N) is 2. The van der Waals surface area contributed by atoms with Gasteiger partial charge >= 0.3 is 0 Å². The number of nitrogens with zero attached hydrogens (tertiary/aromatic N) is 1. The number of rotatable bonds is 3. The Kier molecular flexibility index (Phi) is 3.41. The van der Waals surface area contributed by atoms with E-state index in [0.29, 0.717) is 5.69 Å². The molecule has 0 aliphatic carbocycles. The fourth-order valence-corrected chi connectivity index (χ4v) is 2.12. The molecule has 0 aromatic carbocycles. The number of aromatic nitrogens is 2. The normalized spacial score (nSPS) is 12.6. The van der Waals surface area contributed by atoms with Crippen LogP contribution in [-0.4, -0.2) is 21.4 Å². The predicted molar refractivity (Wildman–Crippen MR) is 64.2 cm³/mol. The van der Waals surface area contributed by atoms with Crippen molar-refractivity contribution in [3.63, 3.8) is 0 Å². The minimum absolute atomic E-state index is 0.105. The first-order valence-electron chi connectivity index (χ1n) is 5.50. The Balaban J connectivity index is 2.63. The number of carbonyl (C=O) groups excluding carboxylic acids is 1. The van der Waals surface area contributed by atoms with Crippen LogP contribution in [0.15, 0.2) is 12.5 Å². The molecule has 0 radical (unpaired) electrons. The van der Waals surface area contributed by atoms with Gasteiger partial charge in [0.25, 0.3) is 5.91 Å². The number of aromatic amines is 1. The van der Waals surface area contributed by atoms with E-state index in [2.05, 4.69) is 36.1 Å². The molecule has 0 saturated carbocycles. The molecule has 1 aromatic rings. The molecular weight excluding hydrogens is 202 g/mol. The van der Waals surface area contributed by atoms with Crippen LogP contribution in [0.4, 0.5) is 0 Å². The summed E-state index contributed by atoms with van der Waals surface area (Å²) in [5, 5.41) is 3.01. The van der Waals surface area contributed by atoms with Crippen molar-refractivity contribution in [1.82, 2.24) is 15.3 Å². The zero-order chi connectivity index (χ0) is 12.4. The van der Waals surface area contributed by atoms with Crippen molar-refractivity contribution >= 4 is 5.91 Å². The van der Waals surface area contributed by atoms with Gasteiger partial charge in [-0.05, 0) is 25.7 Å². The first-order valence-corrected chi connectivity index (χ1v) is 5.50. The number of hydrogen-bond donors (Lipinski definition) is 2. The van der Waals surface area contributed by atoms with Gasteiger partial charge in [0.2, 0.25) is 0 Å². The standard InChI is InChI=1S/C12H21N3O/c1-11(2,3)7-12(4,5)15-10(16)9-6-13-8-14-9/h6,8H,7H2,1-5H3,(H,13,14)(H,15,16). The van der Waals surface area contributed by atoms with Crippen LogP contribution in [0.2, 0.25) is 0 Å². The predicted octanol–water partition coefficient (Wildman–Crippen LogP) is 2.35. The Morgan fingerprint density at radius 1 is 1.38 bits per heavy atom. The molecule has 0 spiro atoms. The number of imidazole rings is 1. The van der Waals surface area contributed by atoms with Gasteiger partial charge < -0.3 is 10.3 Å². The third-order valence-electron chi connectivity index (χ3n) is 2.17. The van der Waals surface area contributed by atoms with Gasteiger partial charge in [0.05, 0.1) is 12.5 Å². The van der Waals surface area contributed by atoms with E-state index in [1.165, 1.54) is 12.5 Å². The molecular formula is C12H21N3O. The Bertz CT molecular complexity index is 347. The number of amides is 1. The first-order chi connectivity index (χ1) is 7.20. The van der Waals surface area contributed by atoms with Crippen LogP contribution < -0.4 is 5.32 Å². The summed E-state index contributed by atoms with van der Waals surface area (Å²) in [6, 6.07) is 0. The van der Waals surface area contributed by atoms with Gasteiger partial charge in [0.15, 0.2) is 0 Å². The van der Waals surface area contributed by atoms with Crippen molar-refractivity contribution in [2.75, 3.05) is 0 Å². The molecule has 16 heavy (non-hydrogen) atoms. The topological polar surface area (TPSA) is 57.8 Å². The fourth-order valence-electron chi connectivity index (χ4n) is 2.12. The minimum Gasteiger partial charge on any atom is -0.346 e. The van der Waals surface area contributed by atoms with Crippen molar-refractivity contribution in [2.24, 2.45) is 5.41 Å². The molecule has 2 N–H and O–H groups in total. The molecule has 0 aliphatic rings. The smallest absolute Gasteiger partial charge is 0.269 e. The summed E-state index contributed by atoms with van der Waals surface area (Å²) in [5.74, 6) is -0.105. The van der Waals surface area contributed by atoms with E-state index in [4.69, 9.17) is 0 Å². The van der Waals surface area contributed by atoms with Gasteiger partial charge in [-0.25, -0.2) is 4.98 Å². The lowest BCUT2D eigenvalue weighted by atomic mass is 9.82. The average Bonchev–Trinajstić information content (AvgIpc) is 2.48. The number of hydrogen-bond acceptors (Lipinski definition) is 2. The summed E-state index contributed by atoms with van der Waals surface area (Å²) >= 11 is 0. The highest BCUT2D eigenvalue weighted by atomic mass is 16.2. The van der Waals surface area contributed by atoms with Gasteiger partial charge in [-0.3, -0.25) is 4.79 Å². The lowest BCUT2D eigenvalue weighted by molar-refractivity contribution is 0.0887. The molecule has 0 unspecified atom stereocenters. The summed E-state index contributed by atoms with van der Waals surface area (Å²) in [6.45, 7) is 10.6. The maximum absolute atomic E-state index is 11.8. The lowest BCUT2D eigenvalue weighted by Gasteiger charge is -2.33. The third kappa shape index (κ3) is 4.04. The minimum atomic E-state index is -0.222. The van der Waals surface area contributed by atoms with Crippen LogP contribution in [-0.2, 0) is 0 Å². The Hall–Kier alpha value is -1.32. The van der Waals surface area contributed by atoms with Crippen molar-refractivity contribution in [3.8, 4) is 0 Å². The maximum Gasteiger partial charge on any atom is 0.269 e. The number of carbonyl (C=O) groups is 1. The molecule has 0 bridgehead atoms. The second kappa shape index (κ2) is 4.28. The van der Waals surface area contributed by atoms with Crippen LogP contribution in [0.5, 0.6) is 0 Å². The van der Waals surface area contributed by atoms with Crippen molar-refractivity contribution in [3.05, 3.63) is 18.2 Å². The molecule has 0 aliphatic heterocycles. The Morgan fingerprint density at radius 2 is 2.00 bits per heavy atom. The largest absolute Gasteiger partial charge is 0.346 e. The van der Waals surface area contributed by atoms with Crippen molar-refractivity contribution in [1.29, 1.82) is 0 Å². The lowest BCUT2D eigenvalue weighted by Crippen LogP contribution is -2.45. The van der Waals surface area contributed by atoms with E-state index in [1.807, 2.05) is 13.8 Å². The molecule has 0 saturated heterocycles. The van der Waals surface area contributed by atoms with E-state index >= 15 is 0 Å². The monoisotopic (exact) mass is 223 g/mol. The third-order valence-corrected chi connectivity index (χ3v) is 2.17. The SMILES string of the molecule is CC(C)(C)CC(C)(C)NC(=O)c1cnc[nH]1. The van der Waals surface area contributed by atoms with Gasteiger partial charge in [-0.15, -0.1) is 0 Å². The molecule has 4 heteroatoms. The first kappa shape index (κ1) is 12.7. The fraction of sp³-hybridized carbons (Fsp3) is 0.667. The molecule has 0 fully saturated rings. The average molecular weight is 223 g/mol. The molecule has 0 atom stereocenters. The van der Waals surface area contributed by atoms with E-state index in [1.54, 1.807) is 0 Å². The summed E-state index contributed by atoms with van der Waals surface area (Å²) in [6.07, 6.45) is 3.95. The molecule has 1 heterocycles. The van der Waals surface area contributed by atoms with Crippen LogP contribution in [0.3, 0.4) is 0 Å². The van der Waals surface area contributed by atoms with Crippen LogP contribution in [0, 0.1) is 5.41 Å². The van der Waals surface area contributed by atoms with Crippen LogP contribution in [0.1, 0.15) is 51.5 Å². The van der Waals surface area contributed by atoms with Gasteiger partial charge in [-0.2, -0.15) is 0 Å². The zero-order valence-corrected chi connectivity index (χ0v) is 10.7. The molecule has 4 nitrogen and oxygen atoms in total. The van der Waals surface area contributed by atoms with E-state index in [0.717, 1.165) is 6.42 Å². The highest BCUT2D eigenvalue weighted by molar-refractivity contribution is 5.92. The summed E-state index contributed by atoms with van der Waals surface area (Å²) in [4.78, 5) is 18.5. The molecule has 1 rings (SSSR count). The van der Waals surface area contributed by atoms with Gasteiger partial charge in [-0.1, -0.05) is 20.8 Å². The quantitative estimate of drug-likeness (QED) is 0.826. The Morgan fingerprint density at radius 3 is 2.44 bits per heavy atom. The highest BCUT2D eigenvalue weighted by Gasteiger charge is 2.27. The van der Waals surface area contributed by atoms with Crippen molar-refractivity contribution in [2.45, 2.75) is 46.6 Å².